The normalized spacial score (nSPS) is 24.4. The lowest BCUT2D eigenvalue weighted by Gasteiger charge is -2.17. The van der Waals surface area contributed by atoms with Gasteiger partial charge in [0, 0.05) is 19.3 Å². The maximum Gasteiger partial charge on any atom is 0.368 e. The van der Waals surface area contributed by atoms with Crippen LogP contribution in [0.3, 0.4) is 0 Å². The van der Waals surface area contributed by atoms with E-state index in [1.165, 1.54) is 19.0 Å². The molecule has 11 heteroatoms. The molecule has 2 unspecified atom stereocenters. The molecule has 1 heterocycles. The van der Waals surface area contributed by atoms with Gasteiger partial charge in [-0.05, 0) is 0 Å². The summed E-state index contributed by atoms with van der Waals surface area (Å²) in [5.74, 6) is -3.66. The van der Waals surface area contributed by atoms with Crippen molar-refractivity contribution in [2.24, 2.45) is 10.7 Å². The first-order chi connectivity index (χ1) is 8.73. The van der Waals surface area contributed by atoms with Crippen LogP contribution in [0.1, 0.15) is 0 Å². The number of hydroxylamine groups is 2. The Balaban J connectivity index is 2.92. The fraction of sp³-hybridized carbons (Fsp3) is 0.500. The zero-order chi connectivity index (χ0) is 14.7. The number of guanidine groups is 2. The molecule has 1 rings (SSSR count). The van der Waals surface area contributed by atoms with E-state index >= 15 is 0 Å². The quantitative estimate of drug-likeness (QED) is 0.262. The van der Waals surface area contributed by atoms with Gasteiger partial charge in [-0.25, -0.2) is 9.59 Å². The molecule has 0 aliphatic carbocycles. The van der Waals surface area contributed by atoms with Crippen molar-refractivity contribution in [1.29, 1.82) is 5.41 Å². The molecule has 0 aromatic rings. The molecule has 0 amide bonds. The SMILES string of the molecule is CN(C)C(=N)/N=C(\N)N1OC(=O)C(O)C(O)C(=O)O1. The van der Waals surface area contributed by atoms with Crippen LogP contribution >= 0.6 is 0 Å². The Morgan fingerprint density at radius 1 is 1.32 bits per heavy atom. The third kappa shape index (κ3) is 3.29. The number of nitrogens with one attached hydrogen (secondary N) is 1. The van der Waals surface area contributed by atoms with Crippen LogP contribution in [0.5, 0.6) is 0 Å². The summed E-state index contributed by atoms with van der Waals surface area (Å²) in [7, 11) is 3.01. The summed E-state index contributed by atoms with van der Waals surface area (Å²) < 4.78 is 0. The van der Waals surface area contributed by atoms with Gasteiger partial charge in [0.15, 0.2) is 12.2 Å². The molecule has 0 bridgehead atoms. The summed E-state index contributed by atoms with van der Waals surface area (Å²) in [5.41, 5.74) is 5.36. The minimum absolute atomic E-state index is 0.113. The number of carbonyl (C=O) groups is 2. The van der Waals surface area contributed by atoms with Gasteiger partial charge in [0.2, 0.25) is 5.96 Å². The zero-order valence-electron chi connectivity index (χ0n) is 10.1. The van der Waals surface area contributed by atoms with Crippen molar-refractivity contribution < 1.29 is 29.5 Å². The maximum atomic E-state index is 11.2. The highest BCUT2D eigenvalue weighted by atomic mass is 17.0. The summed E-state index contributed by atoms with van der Waals surface area (Å²) in [6.07, 6.45) is -4.20. The number of nitrogens with zero attached hydrogens (tertiary/aromatic N) is 3. The molecule has 5 N–H and O–H groups in total. The first-order valence-corrected chi connectivity index (χ1v) is 4.94. The first kappa shape index (κ1) is 14.7. The Morgan fingerprint density at radius 3 is 2.11 bits per heavy atom. The van der Waals surface area contributed by atoms with Crippen LogP contribution in [0.15, 0.2) is 4.99 Å². The average Bonchev–Trinajstić information content (AvgIpc) is 2.43. The van der Waals surface area contributed by atoms with Gasteiger partial charge in [0.1, 0.15) is 0 Å². The Bertz CT molecular complexity index is 413. The van der Waals surface area contributed by atoms with Crippen molar-refractivity contribution in [3.8, 4) is 0 Å². The molecule has 11 nitrogen and oxygen atoms in total. The van der Waals surface area contributed by atoms with Crippen molar-refractivity contribution >= 4 is 23.9 Å². The number of hydrogen-bond donors (Lipinski definition) is 4. The minimum Gasteiger partial charge on any atom is -0.379 e. The summed E-state index contributed by atoms with van der Waals surface area (Å²) in [6, 6.07) is 0. The van der Waals surface area contributed by atoms with Crippen molar-refractivity contribution in [2.45, 2.75) is 12.2 Å². The lowest BCUT2D eigenvalue weighted by atomic mass is 10.2. The largest absolute Gasteiger partial charge is 0.379 e. The third-order valence-electron chi connectivity index (χ3n) is 1.96. The van der Waals surface area contributed by atoms with Crippen LogP contribution in [0.2, 0.25) is 0 Å². The summed E-state index contributed by atoms with van der Waals surface area (Å²) in [6.45, 7) is 0. The Morgan fingerprint density at radius 2 is 1.74 bits per heavy atom. The standard InChI is InChI=1S/C8H13N5O6/c1-12(2)7(9)11-8(10)13-18-5(16)3(14)4(15)6(17)19-13/h3-4,14-15H,1-2H3,(H3,9,10,11). The van der Waals surface area contributed by atoms with Crippen molar-refractivity contribution in [1.82, 2.24) is 10.1 Å². The summed E-state index contributed by atoms with van der Waals surface area (Å²) in [5, 5.41) is 25.9. The first-order valence-electron chi connectivity index (χ1n) is 4.94. The summed E-state index contributed by atoms with van der Waals surface area (Å²) >= 11 is 0. The van der Waals surface area contributed by atoms with Crippen LogP contribution in [0, 0.1) is 5.41 Å². The molecule has 2 atom stereocenters. The van der Waals surface area contributed by atoms with Crippen LogP contribution in [0.25, 0.3) is 0 Å². The number of aliphatic hydroxyl groups excluding tert-OH is 2. The molecule has 19 heavy (non-hydrogen) atoms. The lowest BCUT2D eigenvalue weighted by molar-refractivity contribution is -0.278. The predicted molar refractivity (Wildman–Crippen MR) is 59.1 cm³/mol. The summed E-state index contributed by atoms with van der Waals surface area (Å²) in [4.78, 5) is 36.0. The monoisotopic (exact) mass is 275 g/mol. The third-order valence-corrected chi connectivity index (χ3v) is 1.96. The highest BCUT2D eigenvalue weighted by molar-refractivity contribution is 5.94. The molecule has 1 saturated heterocycles. The van der Waals surface area contributed by atoms with E-state index < -0.39 is 30.1 Å². The van der Waals surface area contributed by atoms with Gasteiger partial charge in [-0.2, -0.15) is 4.99 Å². The van der Waals surface area contributed by atoms with Crippen molar-refractivity contribution in [3.63, 3.8) is 0 Å². The van der Waals surface area contributed by atoms with E-state index in [1.54, 1.807) is 0 Å². The van der Waals surface area contributed by atoms with Gasteiger partial charge in [-0.3, -0.25) is 5.41 Å². The van der Waals surface area contributed by atoms with Gasteiger partial charge in [0.25, 0.3) is 5.96 Å². The highest BCUT2D eigenvalue weighted by Crippen LogP contribution is 2.09. The molecule has 1 aliphatic rings. The highest BCUT2D eigenvalue weighted by Gasteiger charge is 2.40. The van der Waals surface area contributed by atoms with Crippen LogP contribution in [0.4, 0.5) is 0 Å². The number of nitrogens with two attached hydrogens (primary N) is 1. The van der Waals surface area contributed by atoms with E-state index in [0.29, 0.717) is 0 Å². The minimum atomic E-state index is -2.10. The number of carbonyl (C=O) groups excluding carboxylic acids is 2. The molecule has 106 valence electrons. The zero-order valence-corrected chi connectivity index (χ0v) is 10.1. The molecule has 1 fully saturated rings. The second-order valence-corrected chi connectivity index (χ2v) is 3.66. The molecule has 0 saturated carbocycles. The molecule has 0 radical (unpaired) electrons. The second-order valence-electron chi connectivity index (χ2n) is 3.66. The van der Waals surface area contributed by atoms with Gasteiger partial charge in [-0.1, -0.05) is 0 Å². The van der Waals surface area contributed by atoms with Crippen LogP contribution in [-0.4, -0.2) is 70.5 Å². The topological polar surface area (TPSA) is 162 Å². The number of hydrogen-bond acceptors (Lipinski definition) is 7. The molecular formula is C8H13N5O6. The fourth-order valence-electron chi connectivity index (χ4n) is 0.891. The van der Waals surface area contributed by atoms with Gasteiger partial charge >= 0.3 is 11.9 Å². The van der Waals surface area contributed by atoms with E-state index in [9.17, 15) is 19.8 Å². The molecular weight excluding hydrogens is 262 g/mol. The maximum absolute atomic E-state index is 11.2. The Labute approximate surface area is 107 Å². The lowest BCUT2D eigenvalue weighted by Crippen LogP contribution is -2.41. The van der Waals surface area contributed by atoms with E-state index in [0.717, 1.165) is 0 Å². The molecule has 1 aliphatic heterocycles. The Hall–Kier alpha value is -2.40. The Kier molecular flexibility index (Phi) is 4.24. The number of rotatable bonds is 0. The van der Waals surface area contributed by atoms with E-state index in [-0.39, 0.29) is 11.2 Å². The van der Waals surface area contributed by atoms with E-state index in [2.05, 4.69) is 14.7 Å². The average molecular weight is 275 g/mol. The smallest absolute Gasteiger partial charge is 0.368 e. The second kappa shape index (κ2) is 5.49. The van der Waals surface area contributed by atoms with E-state index in [1.807, 2.05) is 0 Å². The van der Waals surface area contributed by atoms with Gasteiger partial charge < -0.3 is 30.5 Å². The fourth-order valence-corrected chi connectivity index (χ4v) is 0.891. The molecule has 0 aromatic heterocycles. The van der Waals surface area contributed by atoms with Crippen molar-refractivity contribution in [2.75, 3.05) is 14.1 Å². The van der Waals surface area contributed by atoms with Gasteiger partial charge in [0.05, 0.1) is 0 Å². The number of aliphatic imine (C=N–C) groups is 1. The van der Waals surface area contributed by atoms with Crippen LogP contribution < -0.4 is 5.73 Å². The van der Waals surface area contributed by atoms with Crippen LogP contribution in [-0.2, 0) is 19.3 Å². The number of aliphatic hydroxyl groups is 2. The molecule has 0 spiro atoms. The van der Waals surface area contributed by atoms with Gasteiger partial charge in [-0.15, -0.1) is 0 Å². The van der Waals surface area contributed by atoms with E-state index in [4.69, 9.17) is 11.1 Å². The molecule has 0 aromatic carbocycles. The predicted octanol–water partition coefficient (Wildman–Crippen LogP) is -3.25. The van der Waals surface area contributed by atoms with Crippen molar-refractivity contribution in [3.05, 3.63) is 0 Å².